The maximum absolute atomic E-state index is 4.63. The molecule has 1 N–H and O–H groups in total. The maximum Gasteiger partial charge on any atom is 0.247 e. The minimum atomic E-state index is 0.569. The van der Waals surface area contributed by atoms with E-state index in [9.17, 15) is 0 Å². The molecule has 0 radical (unpaired) electrons. The van der Waals surface area contributed by atoms with Crippen LogP contribution in [0.1, 0.15) is 51.4 Å². The summed E-state index contributed by atoms with van der Waals surface area (Å²) in [6.07, 6.45) is 12.1. The molecule has 1 saturated carbocycles. The summed E-state index contributed by atoms with van der Waals surface area (Å²) >= 11 is 0. The molecule has 19 heavy (non-hydrogen) atoms. The van der Waals surface area contributed by atoms with Crippen LogP contribution in [0.3, 0.4) is 0 Å². The van der Waals surface area contributed by atoms with Gasteiger partial charge >= 0.3 is 0 Å². The summed E-state index contributed by atoms with van der Waals surface area (Å²) in [5, 5.41) is 11.8. The molecule has 0 unspecified atom stereocenters. The number of piperidine rings is 1. The Hall–Kier alpha value is -1.39. The molecule has 0 aromatic carbocycles. The van der Waals surface area contributed by atoms with Crippen molar-refractivity contribution >= 4 is 11.8 Å². The predicted molar refractivity (Wildman–Crippen MR) is 76.4 cm³/mol. The highest BCUT2D eigenvalue weighted by atomic mass is 15.3. The molecule has 0 atom stereocenters. The Morgan fingerprint density at radius 1 is 1.00 bits per heavy atom. The fraction of sp³-hybridized carbons (Fsp3) is 0.786. The molecule has 3 rings (SSSR count). The number of anilines is 2. The van der Waals surface area contributed by atoms with Gasteiger partial charge in [0.2, 0.25) is 5.95 Å². The van der Waals surface area contributed by atoms with E-state index in [0.717, 1.165) is 24.9 Å². The van der Waals surface area contributed by atoms with E-state index in [1.165, 1.54) is 51.4 Å². The van der Waals surface area contributed by atoms with Gasteiger partial charge in [-0.25, -0.2) is 0 Å². The van der Waals surface area contributed by atoms with Gasteiger partial charge < -0.3 is 10.2 Å². The minimum Gasteiger partial charge on any atom is -0.366 e. The van der Waals surface area contributed by atoms with Crippen molar-refractivity contribution in [1.29, 1.82) is 0 Å². The van der Waals surface area contributed by atoms with Crippen LogP contribution >= 0.6 is 0 Å². The first-order chi connectivity index (χ1) is 9.42. The van der Waals surface area contributed by atoms with E-state index in [1.807, 2.05) is 0 Å². The Bertz CT molecular complexity index is 397. The highest BCUT2D eigenvalue weighted by Gasteiger charge is 2.16. The number of nitrogens with one attached hydrogen (secondary N) is 1. The average Bonchev–Trinajstić information content (AvgIpc) is 2.49. The van der Waals surface area contributed by atoms with E-state index in [1.54, 1.807) is 6.20 Å². The number of rotatable bonds is 3. The Labute approximate surface area is 114 Å². The van der Waals surface area contributed by atoms with Gasteiger partial charge in [-0.15, -0.1) is 5.10 Å². The highest BCUT2D eigenvalue weighted by Crippen LogP contribution is 2.21. The van der Waals surface area contributed by atoms with E-state index < -0.39 is 0 Å². The van der Waals surface area contributed by atoms with Crippen LogP contribution in [-0.2, 0) is 0 Å². The summed E-state index contributed by atoms with van der Waals surface area (Å²) < 4.78 is 0. The minimum absolute atomic E-state index is 0.569. The van der Waals surface area contributed by atoms with Gasteiger partial charge in [0.1, 0.15) is 0 Å². The summed E-state index contributed by atoms with van der Waals surface area (Å²) in [7, 11) is 0. The van der Waals surface area contributed by atoms with Crippen LogP contribution in [0, 0.1) is 0 Å². The second-order valence-corrected chi connectivity index (χ2v) is 5.67. The molecule has 5 heteroatoms. The van der Waals surface area contributed by atoms with Crippen LogP contribution < -0.4 is 10.2 Å². The fourth-order valence-corrected chi connectivity index (χ4v) is 3.05. The lowest BCUT2D eigenvalue weighted by Gasteiger charge is -2.27. The summed E-state index contributed by atoms with van der Waals surface area (Å²) in [6.45, 7) is 2.13. The standard InChI is InChI=1S/C14H23N5/c1-3-7-12(8-4-1)16-13-11-15-18-14(17-13)19-9-5-2-6-10-19/h11-12H,1-10H2,(H,16,17,18). The number of hydrogen-bond acceptors (Lipinski definition) is 5. The molecule has 2 aliphatic rings. The lowest BCUT2D eigenvalue weighted by molar-refractivity contribution is 0.461. The summed E-state index contributed by atoms with van der Waals surface area (Å²) in [6, 6.07) is 0.569. The van der Waals surface area contributed by atoms with Gasteiger partial charge in [0.15, 0.2) is 5.82 Å². The largest absolute Gasteiger partial charge is 0.366 e. The van der Waals surface area contributed by atoms with Gasteiger partial charge in [0.25, 0.3) is 0 Å². The van der Waals surface area contributed by atoms with Crippen LogP contribution in [0.15, 0.2) is 6.20 Å². The smallest absolute Gasteiger partial charge is 0.247 e. The molecule has 5 nitrogen and oxygen atoms in total. The van der Waals surface area contributed by atoms with Crippen molar-refractivity contribution in [2.45, 2.75) is 57.4 Å². The lowest BCUT2D eigenvalue weighted by atomic mass is 9.96. The molecule has 2 heterocycles. The molecule has 1 aliphatic carbocycles. The number of nitrogens with zero attached hydrogens (tertiary/aromatic N) is 4. The van der Waals surface area contributed by atoms with E-state index in [4.69, 9.17) is 0 Å². The Morgan fingerprint density at radius 2 is 1.74 bits per heavy atom. The van der Waals surface area contributed by atoms with Crippen molar-refractivity contribution in [2.75, 3.05) is 23.3 Å². The summed E-state index contributed by atoms with van der Waals surface area (Å²) in [5.41, 5.74) is 0. The third-order valence-electron chi connectivity index (χ3n) is 4.14. The Morgan fingerprint density at radius 3 is 2.53 bits per heavy atom. The topological polar surface area (TPSA) is 53.9 Å². The van der Waals surface area contributed by atoms with Crippen LogP contribution in [-0.4, -0.2) is 34.3 Å². The van der Waals surface area contributed by atoms with E-state index in [0.29, 0.717) is 6.04 Å². The molecular weight excluding hydrogens is 238 g/mol. The lowest BCUT2D eigenvalue weighted by Crippen LogP contribution is -2.31. The zero-order valence-corrected chi connectivity index (χ0v) is 11.5. The summed E-state index contributed by atoms with van der Waals surface area (Å²) in [4.78, 5) is 6.88. The highest BCUT2D eigenvalue weighted by molar-refractivity contribution is 5.39. The first kappa shape index (κ1) is 12.6. The van der Waals surface area contributed by atoms with Gasteiger partial charge in [-0.3, -0.25) is 0 Å². The van der Waals surface area contributed by atoms with E-state index in [2.05, 4.69) is 25.4 Å². The summed E-state index contributed by atoms with van der Waals surface area (Å²) in [5.74, 6) is 1.68. The first-order valence-electron chi connectivity index (χ1n) is 7.63. The van der Waals surface area contributed by atoms with Gasteiger partial charge in [-0.05, 0) is 32.1 Å². The number of hydrogen-bond donors (Lipinski definition) is 1. The van der Waals surface area contributed by atoms with Gasteiger partial charge in [0, 0.05) is 19.1 Å². The molecule has 0 bridgehead atoms. The van der Waals surface area contributed by atoms with Crippen molar-refractivity contribution in [3.63, 3.8) is 0 Å². The molecule has 1 aromatic rings. The van der Waals surface area contributed by atoms with Gasteiger partial charge in [-0.2, -0.15) is 10.1 Å². The van der Waals surface area contributed by atoms with Gasteiger partial charge in [-0.1, -0.05) is 19.3 Å². The second-order valence-electron chi connectivity index (χ2n) is 5.67. The van der Waals surface area contributed by atoms with Crippen LogP contribution in [0.5, 0.6) is 0 Å². The van der Waals surface area contributed by atoms with Crippen molar-refractivity contribution in [1.82, 2.24) is 15.2 Å². The SMILES string of the molecule is c1nnc(N2CCCCC2)nc1NC1CCCCC1. The molecule has 1 aromatic heterocycles. The van der Waals surface area contributed by atoms with Crippen LogP contribution in [0.25, 0.3) is 0 Å². The maximum atomic E-state index is 4.63. The Kier molecular flexibility index (Phi) is 4.10. The fourth-order valence-electron chi connectivity index (χ4n) is 3.05. The van der Waals surface area contributed by atoms with Crippen molar-refractivity contribution in [3.8, 4) is 0 Å². The van der Waals surface area contributed by atoms with Crippen molar-refractivity contribution in [3.05, 3.63) is 6.20 Å². The molecule has 104 valence electrons. The van der Waals surface area contributed by atoms with Crippen molar-refractivity contribution in [2.24, 2.45) is 0 Å². The first-order valence-corrected chi connectivity index (χ1v) is 7.63. The third kappa shape index (κ3) is 3.33. The van der Waals surface area contributed by atoms with Gasteiger partial charge in [0.05, 0.1) is 6.20 Å². The van der Waals surface area contributed by atoms with Crippen molar-refractivity contribution < 1.29 is 0 Å². The predicted octanol–water partition coefficient (Wildman–Crippen LogP) is 2.61. The monoisotopic (exact) mass is 261 g/mol. The molecule has 0 amide bonds. The Balaban J connectivity index is 1.64. The second kappa shape index (κ2) is 6.17. The molecular formula is C14H23N5. The molecule has 2 fully saturated rings. The van der Waals surface area contributed by atoms with E-state index >= 15 is 0 Å². The molecule has 0 spiro atoms. The quantitative estimate of drug-likeness (QED) is 0.906. The normalized spacial score (nSPS) is 21.4. The van der Waals surface area contributed by atoms with Crippen LogP contribution in [0.4, 0.5) is 11.8 Å². The van der Waals surface area contributed by atoms with E-state index in [-0.39, 0.29) is 0 Å². The zero-order valence-electron chi connectivity index (χ0n) is 11.5. The average molecular weight is 261 g/mol. The van der Waals surface area contributed by atoms with Crippen LogP contribution in [0.2, 0.25) is 0 Å². The third-order valence-corrected chi connectivity index (χ3v) is 4.14. The zero-order chi connectivity index (χ0) is 12.9. The molecule has 1 saturated heterocycles. The molecule has 1 aliphatic heterocycles. The number of aromatic nitrogens is 3.